The van der Waals surface area contributed by atoms with Crippen molar-refractivity contribution in [3.63, 3.8) is 0 Å². The summed E-state index contributed by atoms with van der Waals surface area (Å²) in [5, 5.41) is 3.65. The first-order chi connectivity index (χ1) is 13.1. The second-order valence-electron chi connectivity index (χ2n) is 5.76. The van der Waals surface area contributed by atoms with Crippen LogP contribution in [-0.4, -0.2) is 25.7 Å². The van der Waals surface area contributed by atoms with Crippen LogP contribution in [0.1, 0.15) is 16.1 Å². The topological polar surface area (TPSA) is 80.6 Å². The van der Waals surface area contributed by atoms with Crippen LogP contribution in [0, 0.1) is 0 Å². The number of halogens is 1. The van der Waals surface area contributed by atoms with E-state index in [0.29, 0.717) is 15.9 Å². The van der Waals surface area contributed by atoms with Crippen LogP contribution in [-0.2, 0) is 5.75 Å². The monoisotopic (exact) mass is 440 g/mol. The second-order valence-corrected chi connectivity index (χ2v) is 7.67. The van der Waals surface area contributed by atoms with Crippen molar-refractivity contribution in [2.75, 3.05) is 0 Å². The number of carbonyl (C=O) groups excluding carboxylic acids is 1. The molecule has 0 fully saturated rings. The lowest BCUT2D eigenvalue weighted by molar-refractivity contribution is 0.0944. The number of hydrogen-bond donors (Lipinski definition) is 1. The van der Waals surface area contributed by atoms with Gasteiger partial charge in [-0.3, -0.25) is 19.7 Å². The Hall–Kier alpha value is -2.71. The van der Waals surface area contributed by atoms with Crippen LogP contribution in [0.25, 0.3) is 10.9 Å². The zero-order valence-corrected chi connectivity index (χ0v) is 16.3. The molecule has 0 radical (unpaired) electrons. The van der Waals surface area contributed by atoms with Crippen LogP contribution in [0.4, 0.5) is 0 Å². The predicted octanol–water partition coefficient (Wildman–Crippen LogP) is 3.86. The summed E-state index contributed by atoms with van der Waals surface area (Å²) in [7, 11) is 0. The number of rotatable bonds is 4. The average Bonchev–Trinajstić information content (AvgIpc) is 3.03. The minimum atomic E-state index is -0.431. The van der Waals surface area contributed by atoms with E-state index in [1.807, 2.05) is 30.3 Å². The fourth-order valence-electron chi connectivity index (χ4n) is 2.63. The third-order valence-corrected chi connectivity index (χ3v) is 5.39. The molecule has 0 spiro atoms. The molecule has 6 nitrogen and oxygen atoms in total. The van der Waals surface area contributed by atoms with E-state index in [2.05, 4.69) is 31.0 Å². The van der Waals surface area contributed by atoms with Gasteiger partial charge in [0.05, 0.1) is 23.3 Å². The fraction of sp³-hybridized carbons (Fsp3) is 0.0526. The quantitative estimate of drug-likeness (QED) is 0.487. The highest BCUT2D eigenvalue weighted by atomic mass is 79.9. The van der Waals surface area contributed by atoms with Crippen molar-refractivity contribution < 1.29 is 4.79 Å². The Labute approximate surface area is 166 Å². The van der Waals surface area contributed by atoms with Crippen molar-refractivity contribution in [2.45, 2.75) is 10.8 Å². The lowest BCUT2D eigenvalue weighted by atomic mass is 10.2. The van der Waals surface area contributed by atoms with Gasteiger partial charge < -0.3 is 0 Å². The third-order valence-electron chi connectivity index (χ3n) is 3.92. The highest BCUT2D eigenvalue weighted by Gasteiger charge is 2.17. The van der Waals surface area contributed by atoms with Crippen molar-refractivity contribution in [1.29, 1.82) is 0 Å². The first-order valence-corrected chi connectivity index (χ1v) is 9.83. The maximum absolute atomic E-state index is 12.9. The molecular formula is C19H13BrN4O2S. The number of aromatic nitrogens is 4. The van der Waals surface area contributed by atoms with Gasteiger partial charge in [-0.25, -0.2) is 9.67 Å². The van der Waals surface area contributed by atoms with Gasteiger partial charge in [0.1, 0.15) is 10.7 Å². The Kier molecular flexibility index (Phi) is 4.91. The van der Waals surface area contributed by atoms with Gasteiger partial charge in [0.25, 0.3) is 11.5 Å². The van der Waals surface area contributed by atoms with E-state index in [1.165, 1.54) is 22.6 Å². The fourth-order valence-corrected chi connectivity index (χ4v) is 3.80. The van der Waals surface area contributed by atoms with E-state index < -0.39 is 5.91 Å². The number of fused-ring (bicyclic) bond motifs is 1. The first kappa shape index (κ1) is 17.7. The van der Waals surface area contributed by atoms with Crippen molar-refractivity contribution >= 4 is 44.5 Å². The minimum Gasteiger partial charge on any atom is -0.267 e. The molecule has 134 valence electrons. The molecule has 0 atom stereocenters. The van der Waals surface area contributed by atoms with Crippen LogP contribution >= 0.6 is 27.7 Å². The van der Waals surface area contributed by atoms with Crippen LogP contribution in [0.3, 0.4) is 0 Å². The van der Waals surface area contributed by atoms with Crippen LogP contribution in [0.15, 0.2) is 75.2 Å². The van der Waals surface area contributed by atoms with Crippen LogP contribution < -0.4 is 5.56 Å². The van der Waals surface area contributed by atoms with Gasteiger partial charge in [0, 0.05) is 10.2 Å². The number of nitrogens with one attached hydrogen (secondary N) is 1. The number of benzene rings is 2. The smallest absolute Gasteiger partial charge is 0.267 e. The maximum atomic E-state index is 12.9. The molecule has 8 heteroatoms. The zero-order chi connectivity index (χ0) is 18.8. The van der Waals surface area contributed by atoms with E-state index >= 15 is 0 Å². The Bertz CT molecular complexity index is 1190. The summed E-state index contributed by atoms with van der Waals surface area (Å²) in [4.78, 5) is 33.5. The lowest BCUT2D eigenvalue weighted by Gasteiger charge is -2.05. The van der Waals surface area contributed by atoms with Crippen LogP contribution in [0.5, 0.6) is 0 Å². The van der Waals surface area contributed by atoms with Gasteiger partial charge >= 0.3 is 0 Å². The molecule has 0 unspecified atom stereocenters. The van der Waals surface area contributed by atoms with Gasteiger partial charge in [-0.2, -0.15) is 0 Å². The number of hydrogen-bond acceptors (Lipinski definition) is 5. The van der Waals surface area contributed by atoms with E-state index in [1.54, 1.807) is 24.4 Å². The first-order valence-electron chi connectivity index (χ1n) is 8.05. The molecule has 27 heavy (non-hydrogen) atoms. The molecular weight excluding hydrogens is 428 g/mol. The molecule has 2 aromatic carbocycles. The molecule has 0 amide bonds. The molecule has 2 aromatic heterocycles. The van der Waals surface area contributed by atoms with Crippen molar-refractivity contribution in [1.82, 2.24) is 19.7 Å². The number of thioether (sulfide) groups is 1. The van der Waals surface area contributed by atoms with E-state index in [9.17, 15) is 9.59 Å². The number of nitrogens with zero attached hydrogens (tertiary/aromatic N) is 3. The summed E-state index contributed by atoms with van der Waals surface area (Å²) < 4.78 is 1.98. The predicted molar refractivity (Wildman–Crippen MR) is 108 cm³/mol. The molecule has 0 saturated heterocycles. The summed E-state index contributed by atoms with van der Waals surface area (Å²) in [6.45, 7) is 0. The van der Waals surface area contributed by atoms with E-state index in [-0.39, 0.29) is 11.3 Å². The van der Waals surface area contributed by atoms with Crippen molar-refractivity contribution in [3.8, 4) is 0 Å². The molecule has 0 saturated carbocycles. The molecule has 0 aliphatic heterocycles. The summed E-state index contributed by atoms with van der Waals surface area (Å²) in [6, 6.07) is 15.1. The maximum Gasteiger partial charge on any atom is 0.297 e. The Morgan fingerprint density at radius 3 is 2.78 bits per heavy atom. The number of carbonyl (C=O) groups is 1. The molecule has 2 heterocycles. The largest absolute Gasteiger partial charge is 0.297 e. The average molecular weight is 441 g/mol. The molecule has 4 rings (SSSR count). The van der Waals surface area contributed by atoms with Gasteiger partial charge in [0.15, 0.2) is 0 Å². The molecule has 0 aliphatic rings. The summed E-state index contributed by atoms with van der Waals surface area (Å²) >= 11 is 4.83. The molecule has 0 bridgehead atoms. The third kappa shape index (κ3) is 3.72. The van der Waals surface area contributed by atoms with Gasteiger partial charge in [0.2, 0.25) is 0 Å². The van der Waals surface area contributed by atoms with Gasteiger partial charge in [-0.15, -0.1) is 11.8 Å². The highest BCUT2D eigenvalue weighted by Crippen LogP contribution is 2.21. The molecule has 0 aliphatic carbocycles. The number of aromatic amines is 1. The van der Waals surface area contributed by atoms with Crippen LogP contribution in [0.2, 0.25) is 0 Å². The Morgan fingerprint density at radius 1 is 1.15 bits per heavy atom. The normalized spacial score (nSPS) is 11.0. The van der Waals surface area contributed by atoms with Crippen molar-refractivity contribution in [3.05, 3.63) is 87.0 Å². The van der Waals surface area contributed by atoms with Gasteiger partial charge in [-0.1, -0.05) is 46.3 Å². The van der Waals surface area contributed by atoms with E-state index in [0.717, 1.165) is 15.8 Å². The highest BCUT2D eigenvalue weighted by molar-refractivity contribution is 9.10. The standard InChI is InChI=1S/C19H13BrN4O2S/c20-13-6-7-16-14(8-13)18(25)23-24(16)19(26)15-9-21-10-17(22-15)27-11-12-4-2-1-3-5-12/h1-10H,11H2,(H,23,25). The van der Waals surface area contributed by atoms with Crippen molar-refractivity contribution in [2.24, 2.45) is 0 Å². The number of H-pyrrole nitrogens is 1. The summed E-state index contributed by atoms with van der Waals surface area (Å²) in [6.07, 6.45) is 3.02. The minimum absolute atomic E-state index is 0.170. The van der Waals surface area contributed by atoms with Gasteiger partial charge in [-0.05, 0) is 23.8 Å². The SMILES string of the molecule is O=C(c1cncc(SCc2ccccc2)n1)n1[nH]c(=O)c2cc(Br)ccc21. The summed E-state index contributed by atoms with van der Waals surface area (Å²) in [5.74, 6) is 0.295. The zero-order valence-electron chi connectivity index (χ0n) is 13.9. The second kappa shape index (κ2) is 7.50. The Morgan fingerprint density at radius 2 is 1.96 bits per heavy atom. The summed E-state index contributed by atoms with van der Waals surface area (Å²) in [5.41, 5.74) is 1.50. The molecule has 1 N–H and O–H groups in total. The van der Waals surface area contributed by atoms with E-state index in [4.69, 9.17) is 0 Å². The molecule has 4 aromatic rings. The Balaban J connectivity index is 1.62. The lowest BCUT2D eigenvalue weighted by Crippen LogP contribution is -2.17.